The molecule has 1 unspecified atom stereocenters. The molecule has 0 radical (unpaired) electrons. The lowest BCUT2D eigenvalue weighted by Crippen LogP contribution is -2.42. The average molecular weight is 413 g/mol. The highest BCUT2D eigenvalue weighted by Crippen LogP contribution is 2.31. The van der Waals surface area contributed by atoms with E-state index < -0.39 is 21.5 Å². The molecule has 1 saturated heterocycles. The van der Waals surface area contributed by atoms with E-state index in [0.717, 1.165) is 0 Å². The van der Waals surface area contributed by atoms with E-state index in [1.165, 1.54) is 28.6 Å². The molecule has 0 bridgehead atoms. The Hall–Kier alpha value is -2.73. The van der Waals surface area contributed by atoms with Gasteiger partial charge in [0, 0.05) is 19.5 Å². The smallest absolute Gasteiger partial charge is 0.258 e. The van der Waals surface area contributed by atoms with Crippen LogP contribution >= 0.6 is 0 Å². The van der Waals surface area contributed by atoms with Crippen molar-refractivity contribution in [1.29, 1.82) is 5.26 Å². The molecule has 7 nitrogen and oxygen atoms in total. The molecule has 2 aromatic rings. The van der Waals surface area contributed by atoms with Crippen molar-refractivity contribution in [2.45, 2.75) is 29.8 Å². The standard InChI is InChI=1S/C21H23N3O4S/c22-13-10-16-11-14-24(15-12-16)29(27,28)19-8-6-18(7-9-19)21(26,20(23)25)17-4-2-1-3-5-17/h1-9,16,26H,10-12,14-15H2,(H2,23,25). The van der Waals surface area contributed by atoms with E-state index in [4.69, 9.17) is 11.0 Å². The summed E-state index contributed by atoms with van der Waals surface area (Å²) in [7, 11) is -3.69. The van der Waals surface area contributed by atoms with Gasteiger partial charge in [-0.1, -0.05) is 42.5 Å². The summed E-state index contributed by atoms with van der Waals surface area (Å²) in [6, 6.07) is 16.0. The van der Waals surface area contributed by atoms with Gasteiger partial charge in [0.15, 0.2) is 5.60 Å². The largest absolute Gasteiger partial charge is 0.372 e. The number of benzene rings is 2. The number of nitriles is 1. The van der Waals surface area contributed by atoms with E-state index >= 15 is 0 Å². The topological polar surface area (TPSA) is 124 Å². The Morgan fingerprint density at radius 3 is 2.17 bits per heavy atom. The number of sulfonamides is 1. The second-order valence-electron chi connectivity index (χ2n) is 7.17. The number of piperidine rings is 1. The molecular weight excluding hydrogens is 390 g/mol. The Morgan fingerprint density at radius 1 is 1.10 bits per heavy atom. The summed E-state index contributed by atoms with van der Waals surface area (Å²) < 4.78 is 27.3. The first-order valence-corrected chi connectivity index (χ1v) is 10.8. The Labute approximate surface area is 170 Å². The molecule has 1 amide bonds. The Morgan fingerprint density at radius 2 is 1.66 bits per heavy atom. The minimum atomic E-state index is -3.69. The van der Waals surface area contributed by atoms with Crippen LogP contribution in [0, 0.1) is 17.2 Å². The second kappa shape index (κ2) is 8.33. The molecule has 1 aliphatic heterocycles. The van der Waals surface area contributed by atoms with Gasteiger partial charge in [-0.15, -0.1) is 0 Å². The van der Waals surface area contributed by atoms with Gasteiger partial charge in [-0.05, 0) is 42.0 Å². The molecule has 2 aromatic carbocycles. The summed E-state index contributed by atoms with van der Waals surface area (Å²) >= 11 is 0. The Balaban J connectivity index is 1.86. The number of amides is 1. The molecule has 1 atom stereocenters. The van der Waals surface area contributed by atoms with Crippen molar-refractivity contribution in [2.24, 2.45) is 11.7 Å². The van der Waals surface area contributed by atoms with Gasteiger partial charge in [0.2, 0.25) is 10.0 Å². The number of hydrogen-bond donors (Lipinski definition) is 2. The van der Waals surface area contributed by atoms with Crippen LogP contribution in [0.25, 0.3) is 0 Å². The lowest BCUT2D eigenvalue weighted by atomic mass is 9.86. The van der Waals surface area contributed by atoms with Crippen LogP contribution in [0.5, 0.6) is 0 Å². The van der Waals surface area contributed by atoms with E-state index in [1.54, 1.807) is 30.3 Å². The fraction of sp³-hybridized carbons (Fsp3) is 0.333. The van der Waals surface area contributed by atoms with Crippen LogP contribution in [-0.2, 0) is 20.4 Å². The van der Waals surface area contributed by atoms with Gasteiger partial charge >= 0.3 is 0 Å². The first-order chi connectivity index (χ1) is 13.8. The number of rotatable bonds is 6. The van der Waals surface area contributed by atoms with Crippen LogP contribution < -0.4 is 5.73 Å². The molecule has 0 aliphatic carbocycles. The van der Waals surface area contributed by atoms with Crippen LogP contribution in [0.15, 0.2) is 59.5 Å². The number of hydrogen-bond acceptors (Lipinski definition) is 5. The van der Waals surface area contributed by atoms with Gasteiger partial charge < -0.3 is 10.8 Å². The van der Waals surface area contributed by atoms with Gasteiger partial charge in [-0.3, -0.25) is 4.79 Å². The zero-order valence-electron chi connectivity index (χ0n) is 15.9. The van der Waals surface area contributed by atoms with Crippen molar-refractivity contribution in [3.05, 3.63) is 65.7 Å². The lowest BCUT2D eigenvalue weighted by Gasteiger charge is -2.30. The minimum Gasteiger partial charge on any atom is -0.372 e. The van der Waals surface area contributed by atoms with Crippen molar-refractivity contribution >= 4 is 15.9 Å². The van der Waals surface area contributed by atoms with Gasteiger partial charge in [0.05, 0.1) is 11.0 Å². The molecule has 1 aliphatic rings. The minimum absolute atomic E-state index is 0.0832. The summed E-state index contributed by atoms with van der Waals surface area (Å²) in [4.78, 5) is 12.1. The summed E-state index contributed by atoms with van der Waals surface area (Å²) in [5, 5.41) is 19.8. The van der Waals surface area contributed by atoms with Crippen LogP contribution in [0.2, 0.25) is 0 Å². The Bertz CT molecular complexity index is 1010. The normalized spacial score (nSPS) is 17.9. The average Bonchev–Trinajstić information content (AvgIpc) is 2.74. The SMILES string of the molecule is N#CCC1CCN(S(=O)(=O)c2ccc(C(O)(C(N)=O)c3ccccc3)cc2)CC1. The third kappa shape index (κ3) is 4.03. The molecule has 3 N–H and O–H groups in total. The van der Waals surface area contributed by atoms with E-state index in [0.29, 0.717) is 37.9 Å². The third-order valence-corrected chi connectivity index (χ3v) is 7.32. The Kier molecular flexibility index (Phi) is 6.03. The highest BCUT2D eigenvalue weighted by atomic mass is 32.2. The fourth-order valence-electron chi connectivity index (χ4n) is 3.63. The van der Waals surface area contributed by atoms with Crippen LogP contribution in [0.4, 0.5) is 0 Å². The molecular formula is C21H23N3O4S. The van der Waals surface area contributed by atoms with E-state index in [-0.39, 0.29) is 16.4 Å². The number of primary amides is 1. The second-order valence-corrected chi connectivity index (χ2v) is 9.11. The maximum absolute atomic E-state index is 12.9. The highest BCUT2D eigenvalue weighted by Gasteiger charge is 2.38. The zero-order chi connectivity index (χ0) is 21.1. The van der Waals surface area contributed by atoms with Crippen molar-refractivity contribution in [2.75, 3.05) is 13.1 Å². The zero-order valence-corrected chi connectivity index (χ0v) is 16.7. The van der Waals surface area contributed by atoms with Crippen LogP contribution in [0.1, 0.15) is 30.4 Å². The highest BCUT2D eigenvalue weighted by molar-refractivity contribution is 7.89. The molecule has 1 fully saturated rings. The molecule has 0 aromatic heterocycles. The van der Waals surface area contributed by atoms with Crippen molar-refractivity contribution in [3.8, 4) is 6.07 Å². The maximum atomic E-state index is 12.9. The molecule has 0 saturated carbocycles. The van der Waals surface area contributed by atoms with Crippen LogP contribution in [0.3, 0.4) is 0 Å². The van der Waals surface area contributed by atoms with Gasteiger partial charge in [0.1, 0.15) is 0 Å². The summed E-state index contributed by atoms with van der Waals surface area (Å²) in [6.07, 6.45) is 1.74. The quantitative estimate of drug-likeness (QED) is 0.746. The van der Waals surface area contributed by atoms with Gasteiger partial charge in [-0.2, -0.15) is 9.57 Å². The molecule has 0 spiro atoms. The van der Waals surface area contributed by atoms with Crippen molar-refractivity contribution in [1.82, 2.24) is 4.31 Å². The summed E-state index contributed by atoms with van der Waals surface area (Å²) in [6.45, 7) is 0.733. The predicted molar refractivity (Wildman–Crippen MR) is 107 cm³/mol. The summed E-state index contributed by atoms with van der Waals surface area (Å²) in [5.41, 5.74) is 3.92. The number of aliphatic hydroxyl groups is 1. The molecule has 8 heteroatoms. The van der Waals surface area contributed by atoms with Gasteiger partial charge in [-0.25, -0.2) is 8.42 Å². The first kappa shape index (κ1) is 21.0. The lowest BCUT2D eigenvalue weighted by molar-refractivity contribution is -0.133. The van der Waals surface area contributed by atoms with E-state index in [1.807, 2.05) is 0 Å². The monoisotopic (exact) mass is 413 g/mol. The molecule has 29 heavy (non-hydrogen) atoms. The number of carbonyl (C=O) groups excluding carboxylic acids is 1. The fourth-order valence-corrected chi connectivity index (χ4v) is 5.10. The number of nitrogens with two attached hydrogens (primary N) is 1. The van der Waals surface area contributed by atoms with E-state index in [9.17, 15) is 18.3 Å². The first-order valence-electron chi connectivity index (χ1n) is 9.35. The number of nitrogens with zero attached hydrogens (tertiary/aromatic N) is 2. The maximum Gasteiger partial charge on any atom is 0.258 e. The molecule has 1 heterocycles. The third-order valence-electron chi connectivity index (χ3n) is 5.41. The molecule has 3 rings (SSSR count). The van der Waals surface area contributed by atoms with Crippen LogP contribution in [-0.4, -0.2) is 36.8 Å². The number of carbonyl (C=O) groups is 1. The van der Waals surface area contributed by atoms with Crippen molar-refractivity contribution < 1.29 is 18.3 Å². The predicted octanol–water partition coefficient (Wildman–Crippen LogP) is 1.72. The summed E-state index contributed by atoms with van der Waals surface area (Å²) in [5.74, 6) is -0.718. The molecule has 152 valence electrons. The van der Waals surface area contributed by atoms with Gasteiger partial charge in [0.25, 0.3) is 5.91 Å². The van der Waals surface area contributed by atoms with E-state index in [2.05, 4.69) is 6.07 Å². The van der Waals surface area contributed by atoms with Crippen molar-refractivity contribution in [3.63, 3.8) is 0 Å².